The van der Waals surface area contributed by atoms with Crippen molar-refractivity contribution in [3.63, 3.8) is 0 Å². The Labute approximate surface area is 161 Å². The quantitative estimate of drug-likeness (QED) is 0.476. The molecule has 0 radical (unpaired) electrons. The molecule has 3 rings (SSSR count). The summed E-state index contributed by atoms with van der Waals surface area (Å²) in [5.74, 6) is 2.06. The molecule has 138 valence electrons. The molecule has 1 aromatic carbocycles. The standard InChI is InChI=1S/C19H19N5O2S/c1-3-12-24-18(14-7-9-15(26-2)10-8-14)22-23-19(24)27-13-17(25)21-16-6-4-5-11-20-16/h3-11H,1,12-13H2,2H3,(H,20,21,25). The predicted octanol–water partition coefficient (Wildman–Crippen LogP) is 3.27. The van der Waals surface area contributed by atoms with Gasteiger partial charge in [0.2, 0.25) is 5.91 Å². The van der Waals surface area contributed by atoms with E-state index in [-0.39, 0.29) is 11.7 Å². The van der Waals surface area contributed by atoms with Gasteiger partial charge in [-0.25, -0.2) is 4.98 Å². The smallest absolute Gasteiger partial charge is 0.236 e. The van der Waals surface area contributed by atoms with E-state index in [4.69, 9.17) is 4.74 Å². The molecule has 1 N–H and O–H groups in total. The van der Waals surface area contributed by atoms with E-state index in [2.05, 4.69) is 27.1 Å². The molecular formula is C19H19N5O2S. The van der Waals surface area contributed by atoms with E-state index in [0.29, 0.717) is 23.3 Å². The summed E-state index contributed by atoms with van der Waals surface area (Å²) in [5, 5.41) is 11.9. The number of thioether (sulfide) groups is 1. The molecule has 0 aliphatic carbocycles. The van der Waals surface area contributed by atoms with Crippen molar-refractivity contribution in [3.8, 4) is 17.1 Å². The third kappa shape index (κ3) is 4.73. The van der Waals surface area contributed by atoms with E-state index >= 15 is 0 Å². The number of carbonyl (C=O) groups excluding carboxylic acids is 1. The van der Waals surface area contributed by atoms with Gasteiger partial charge in [-0.05, 0) is 36.4 Å². The Morgan fingerprint density at radius 2 is 2.07 bits per heavy atom. The van der Waals surface area contributed by atoms with Gasteiger partial charge in [0.15, 0.2) is 11.0 Å². The van der Waals surface area contributed by atoms with Gasteiger partial charge in [-0.2, -0.15) is 0 Å². The van der Waals surface area contributed by atoms with Crippen LogP contribution in [0.5, 0.6) is 5.75 Å². The first kappa shape index (κ1) is 18.7. The molecule has 3 aromatic rings. The zero-order chi connectivity index (χ0) is 19.1. The van der Waals surface area contributed by atoms with Crippen molar-refractivity contribution in [2.24, 2.45) is 0 Å². The Morgan fingerprint density at radius 3 is 2.74 bits per heavy atom. The monoisotopic (exact) mass is 381 g/mol. The van der Waals surface area contributed by atoms with Crippen LogP contribution in [0.1, 0.15) is 0 Å². The van der Waals surface area contributed by atoms with Crippen molar-refractivity contribution in [1.82, 2.24) is 19.7 Å². The van der Waals surface area contributed by atoms with Crippen LogP contribution in [0.3, 0.4) is 0 Å². The summed E-state index contributed by atoms with van der Waals surface area (Å²) >= 11 is 1.31. The van der Waals surface area contributed by atoms with Gasteiger partial charge < -0.3 is 10.1 Å². The van der Waals surface area contributed by atoms with Gasteiger partial charge in [-0.15, -0.1) is 16.8 Å². The number of methoxy groups -OCH3 is 1. The molecule has 7 nitrogen and oxygen atoms in total. The number of aromatic nitrogens is 4. The summed E-state index contributed by atoms with van der Waals surface area (Å²) in [6, 6.07) is 12.9. The van der Waals surface area contributed by atoms with Crippen LogP contribution in [-0.4, -0.2) is 38.5 Å². The minimum atomic E-state index is -0.155. The molecule has 0 bridgehead atoms. The lowest BCUT2D eigenvalue weighted by atomic mass is 10.2. The number of carbonyl (C=O) groups is 1. The highest BCUT2D eigenvalue weighted by Crippen LogP contribution is 2.25. The lowest BCUT2D eigenvalue weighted by Gasteiger charge is -2.08. The molecule has 0 aliphatic rings. The molecule has 2 aromatic heterocycles. The van der Waals surface area contributed by atoms with E-state index < -0.39 is 0 Å². The Kier molecular flexibility index (Phi) is 6.22. The highest BCUT2D eigenvalue weighted by molar-refractivity contribution is 7.99. The Morgan fingerprint density at radius 1 is 1.26 bits per heavy atom. The first-order chi connectivity index (χ1) is 13.2. The number of pyridine rings is 1. The maximum Gasteiger partial charge on any atom is 0.236 e. The molecule has 0 fully saturated rings. The van der Waals surface area contributed by atoms with Crippen molar-refractivity contribution in [2.75, 3.05) is 18.2 Å². The number of nitrogens with zero attached hydrogens (tertiary/aromatic N) is 4. The lowest BCUT2D eigenvalue weighted by molar-refractivity contribution is -0.113. The number of hydrogen-bond donors (Lipinski definition) is 1. The van der Waals surface area contributed by atoms with Crippen LogP contribution in [0.4, 0.5) is 5.82 Å². The first-order valence-corrected chi connectivity index (χ1v) is 9.22. The Balaban J connectivity index is 1.72. The number of ether oxygens (including phenoxy) is 1. The molecular weight excluding hydrogens is 362 g/mol. The first-order valence-electron chi connectivity index (χ1n) is 8.23. The largest absolute Gasteiger partial charge is 0.497 e. The molecule has 0 atom stereocenters. The normalized spacial score (nSPS) is 10.4. The summed E-state index contributed by atoms with van der Waals surface area (Å²) in [4.78, 5) is 16.2. The van der Waals surface area contributed by atoms with Crippen LogP contribution in [0.2, 0.25) is 0 Å². The highest BCUT2D eigenvalue weighted by atomic mass is 32.2. The van der Waals surface area contributed by atoms with Crippen LogP contribution < -0.4 is 10.1 Å². The number of rotatable bonds is 8. The maximum atomic E-state index is 12.1. The molecule has 0 aliphatic heterocycles. The number of nitrogens with one attached hydrogen (secondary N) is 1. The number of anilines is 1. The van der Waals surface area contributed by atoms with Crippen molar-refractivity contribution in [2.45, 2.75) is 11.7 Å². The van der Waals surface area contributed by atoms with E-state index in [1.165, 1.54) is 11.8 Å². The highest BCUT2D eigenvalue weighted by Gasteiger charge is 2.15. The maximum absolute atomic E-state index is 12.1. The summed E-state index contributed by atoms with van der Waals surface area (Å²) in [6.45, 7) is 4.34. The van der Waals surface area contributed by atoms with Crippen LogP contribution in [-0.2, 0) is 11.3 Å². The average Bonchev–Trinajstić information content (AvgIpc) is 3.10. The summed E-state index contributed by atoms with van der Waals surface area (Å²) in [5.41, 5.74) is 0.912. The Bertz CT molecular complexity index is 910. The van der Waals surface area contributed by atoms with Crippen LogP contribution in [0, 0.1) is 0 Å². The van der Waals surface area contributed by atoms with Crippen molar-refractivity contribution >= 4 is 23.5 Å². The molecule has 0 saturated carbocycles. The molecule has 8 heteroatoms. The lowest BCUT2D eigenvalue weighted by Crippen LogP contribution is -2.15. The number of hydrogen-bond acceptors (Lipinski definition) is 6. The predicted molar refractivity (Wildman–Crippen MR) is 106 cm³/mol. The van der Waals surface area contributed by atoms with E-state index in [1.54, 1.807) is 31.5 Å². The molecule has 27 heavy (non-hydrogen) atoms. The molecule has 0 saturated heterocycles. The third-order valence-corrected chi connectivity index (χ3v) is 4.61. The van der Waals surface area contributed by atoms with Gasteiger partial charge in [0, 0.05) is 18.3 Å². The van der Waals surface area contributed by atoms with Gasteiger partial charge in [-0.3, -0.25) is 9.36 Å². The minimum absolute atomic E-state index is 0.155. The van der Waals surface area contributed by atoms with Gasteiger partial charge in [0.05, 0.1) is 12.9 Å². The third-order valence-electron chi connectivity index (χ3n) is 3.64. The Hall–Kier alpha value is -3.13. The van der Waals surface area contributed by atoms with Gasteiger partial charge in [0.25, 0.3) is 0 Å². The van der Waals surface area contributed by atoms with Gasteiger partial charge in [-0.1, -0.05) is 23.9 Å². The fourth-order valence-electron chi connectivity index (χ4n) is 2.39. The fourth-order valence-corrected chi connectivity index (χ4v) is 3.14. The minimum Gasteiger partial charge on any atom is -0.497 e. The van der Waals surface area contributed by atoms with E-state index in [0.717, 1.165) is 11.3 Å². The molecule has 0 spiro atoms. The van der Waals surface area contributed by atoms with Crippen molar-refractivity contribution in [3.05, 3.63) is 61.3 Å². The number of allylic oxidation sites excluding steroid dienone is 1. The second kappa shape index (κ2) is 9.00. The van der Waals surface area contributed by atoms with Crippen LogP contribution in [0.25, 0.3) is 11.4 Å². The van der Waals surface area contributed by atoms with Crippen LogP contribution >= 0.6 is 11.8 Å². The van der Waals surface area contributed by atoms with Crippen molar-refractivity contribution < 1.29 is 9.53 Å². The molecule has 1 amide bonds. The topological polar surface area (TPSA) is 81.9 Å². The van der Waals surface area contributed by atoms with E-state index in [1.807, 2.05) is 34.9 Å². The zero-order valence-electron chi connectivity index (χ0n) is 14.8. The molecule has 2 heterocycles. The summed E-state index contributed by atoms with van der Waals surface area (Å²) < 4.78 is 7.11. The van der Waals surface area contributed by atoms with Gasteiger partial charge in [0.1, 0.15) is 11.6 Å². The second-order valence-corrected chi connectivity index (χ2v) is 6.43. The fraction of sp³-hybridized carbons (Fsp3) is 0.158. The summed E-state index contributed by atoms with van der Waals surface area (Å²) in [6.07, 6.45) is 3.40. The van der Waals surface area contributed by atoms with E-state index in [9.17, 15) is 4.79 Å². The SMILES string of the molecule is C=CCn1c(SCC(=O)Nc2ccccn2)nnc1-c1ccc(OC)cc1. The van der Waals surface area contributed by atoms with Gasteiger partial charge >= 0.3 is 0 Å². The number of benzene rings is 1. The van der Waals surface area contributed by atoms with Crippen molar-refractivity contribution in [1.29, 1.82) is 0 Å². The average molecular weight is 381 g/mol. The zero-order valence-corrected chi connectivity index (χ0v) is 15.6. The van der Waals surface area contributed by atoms with Crippen LogP contribution in [0.15, 0.2) is 66.5 Å². The second-order valence-electron chi connectivity index (χ2n) is 5.49. The summed E-state index contributed by atoms with van der Waals surface area (Å²) in [7, 11) is 1.62. The number of amides is 1. The molecule has 0 unspecified atom stereocenters.